The molecule has 4 heteroatoms. The zero-order chi connectivity index (χ0) is 14.8. The van der Waals surface area contributed by atoms with Crippen molar-refractivity contribution in [2.75, 3.05) is 0 Å². The molecule has 1 aromatic heterocycles. The second-order valence-corrected chi connectivity index (χ2v) is 4.96. The molecule has 0 spiro atoms. The Kier molecular flexibility index (Phi) is 3.36. The van der Waals surface area contributed by atoms with Crippen molar-refractivity contribution in [1.29, 1.82) is 0 Å². The summed E-state index contributed by atoms with van der Waals surface area (Å²) in [6.07, 6.45) is 8.15. The molecule has 0 fully saturated rings. The van der Waals surface area contributed by atoms with Gasteiger partial charge in [-0.1, -0.05) is 30.4 Å². The number of aromatic carboxylic acids is 1. The van der Waals surface area contributed by atoms with E-state index in [4.69, 9.17) is 0 Å². The third-order valence-corrected chi connectivity index (χ3v) is 3.52. The van der Waals surface area contributed by atoms with E-state index in [0.717, 1.165) is 29.7 Å². The highest BCUT2D eigenvalue weighted by Gasteiger charge is 2.17. The zero-order valence-electron chi connectivity index (χ0n) is 11.3. The minimum Gasteiger partial charge on any atom is -0.508 e. The van der Waals surface area contributed by atoms with E-state index in [-0.39, 0.29) is 11.4 Å². The lowest BCUT2D eigenvalue weighted by Gasteiger charge is -2.03. The minimum atomic E-state index is -0.996. The molecule has 0 radical (unpaired) electrons. The van der Waals surface area contributed by atoms with Crippen LogP contribution in [0.4, 0.5) is 0 Å². The van der Waals surface area contributed by atoms with Gasteiger partial charge in [0.05, 0.1) is 0 Å². The van der Waals surface area contributed by atoms with Gasteiger partial charge in [0.2, 0.25) is 0 Å². The van der Waals surface area contributed by atoms with E-state index in [9.17, 15) is 15.0 Å². The highest BCUT2D eigenvalue weighted by molar-refractivity contribution is 5.96. The summed E-state index contributed by atoms with van der Waals surface area (Å²) in [4.78, 5) is 14.4. The number of aromatic amines is 1. The molecular formula is C17H15NO3. The molecule has 0 saturated carbocycles. The number of allylic oxidation sites excluding steroid dienone is 4. The van der Waals surface area contributed by atoms with Crippen LogP contribution in [0.3, 0.4) is 0 Å². The molecule has 0 atom stereocenters. The number of aromatic hydroxyl groups is 1. The van der Waals surface area contributed by atoms with Crippen molar-refractivity contribution < 1.29 is 15.0 Å². The van der Waals surface area contributed by atoms with Gasteiger partial charge in [0.25, 0.3) is 0 Å². The van der Waals surface area contributed by atoms with Gasteiger partial charge in [-0.2, -0.15) is 0 Å². The van der Waals surface area contributed by atoms with Crippen molar-refractivity contribution in [3.8, 4) is 16.9 Å². The minimum absolute atomic E-state index is 0.157. The summed E-state index contributed by atoms with van der Waals surface area (Å²) < 4.78 is 0. The molecule has 106 valence electrons. The second-order valence-electron chi connectivity index (χ2n) is 4.96. The topological polar surface area (TPSA) is 73.3 Å². The van der Waals surface area contributed by atoms with Crippen molar-refractivity contribution >= 4 is 11.5 Å². The molecule has 0 amide bonds. The zero-order valence-corrected chi connectivity index (χ0v) is 11.3. The van der Waals surface area contributed by atoms with Crippen LogP contribution in [0.1, 0.15) is 29.0 Å². The number of phenolic OH excluding ortho intramolecular Hbond substituents is 1. The van der Waals surface area contributed by atoms with E-state index in [2.05, 4.69) is 17.1 Å². The fourth-order valence-electron chi connectivity index (χ4n) is 2.46. The average molecular weight is 281 g/mol. The van der Waals surface area contributed by atoms with E-state index >= 15 is 0 Å². The molecule has 21 heavy (non-hydrogen) atoms. The summed E-state index contributed by atoms with van der Waals surface area (Å²) >= 11 is 0. The number of hydrogen-bond acceptors (Lipinski definition) is 2. The number of carboxylic acids is 1. The summed E-state index contributed by atoms with van der Waals surface area (Å²) in [7, 11) is 0. The number of phenols is 1. The number of rotatable bonds is 3. The van der Waals surface area contributed by atoms with Gasteiger partial charge < -0.3 is 15.2 Å². The highest BCUT2D eigenvalue weighted by Crippen LogP contribution is 2.30. The molecule has 1 heterocycles. The smallest absolute Gasteiger partial charge is 0.352 e. The molecule has 1 aromatic carbocycles. The van der Waals surface area contributed by atoms with Crippen molar-refractivity contribution in [3.05, 3.63) is 59.9 Å². The lowest BCUT2D eigenvalue weighted by Crippen LogP contribution is -1.99. The normalized spacial score (nSPS) is 14.0. The second kappa shape index (κ2) is 5.32. The Balaban J connectivity index is 2.09. The molecule has 4 nitrogen and oxygen atoms in total. The van der Waals surface area contributed by atoms with Crippen LogP contribution < -0.4 is 0 Å². The van der Waals surface area contributed by atoms with E-state index < -0.39 is 5.97 Å². The lowest BCUT2D eigenvalue weighted by atomic mass is 10.0. The Morgan fingerprint density at radius 3 is 2.52 bits per heavy atom. The standard InChI is InChI=1S/C17H15NO3/c19-13-8-6-11(7-9-13)14-10-15(18-16(14)17(20)21)12-4-2-1-3-5-12/h2,4-10,18-19H,1,3H2,(H,20,21). The summed E-state index contributed by atoms with van der Waals surface area (Å²) in [5.41, 5.74) is 3.35. The molecule has 1 aliphatic carbocycles. The number of nitrogens with one attached hydrogen (secondary N) is 1. The Hall–Kier alpha value is -2.75. The first kappa shape index (κ1) is 13.2. The van der Waals surface area contributed by atoms with Crippen LogP contribution in [0.2, 0.25) is 0 Å². The largest absolute Gasteiger partial charge is 0.508 e. The Morgan fingerprint density at radius 1 is 1.14 bits per heavy atom. The van der Waals surface area contributed by atoms with Gasteiger partial charge in [0.1, 0.15) is 11.4 Å². The maximum Gasteiger partial charge on any atom is 0.352 e. The number of benzene rings is 1. The maximum absolute atomic E-state index is 11.4. The molecule has 3 N–H and O–H groups in total. The predicted octanol–water partition coefficient (Wildman–Crippen LogP) is 3.82. The van der Waals surface area contributed by atoms with Crippen LogP contribution in [0.15, 0.2) is 48.6 Å². The molecule has 0 aliphatic heterocycles. The molecule has 1 aliphatic rings. The average Bonchev–Trinajstić information content (AvgIpc) is 2.94. The molecular weight excluding hydrogens is 266 g/mol. The molecule has 0 bridgehead atoms. The first-order chi connectivity index (χ1) is 10.1. The van der Waals surface area contributed by atoms with E-state index in [1.807, 2.05) is 12.1 Å². The van der Waals surface area contributed by atoms with Crippen LogP contribution in [-0.2, 0) is 0 Å². The van der Waals surface area contributed by atoms with Gasteiger partial charge in [-0.05, 0) is 42.2 Å². The van der Waals surface area contributed by atoms with Gasteiger partial charge in [-0.15, -0.1) is 0 Å². The van der Waals surface area contributed by atoms with Gasteiger partial charge in [-0.3, -0.25) is 0 Å². The first-order valence-electron chi connectivity index (χ1n) is 6.78. The molecule has 3 rings (SSSR count). The summed E-state index contributed by atoms with van der Waals surface area (Å²) in [5.74, 6) is -0.839. The lowest BCUT2D eigenvalue weighted by molar-refractivity contribution is 0.0692. The van der Waals surface area contributed by atoms with Crippen LogP contribution in [-0.4, -0.2) is 21.2 Å². The maximum atomic E-state index is 11.4. The summed E-state index contributed by atoms with van der Waals surface area (Å²) in [5, 5.41) is 18.7. The third kappa shape index (κ3) is 2.60. The number of carbonyl (C=O) groups is 1. The Morgan fingerprint density at radius 2 is 1.90 bits per heavy atom. The fourth-order valence-corrected chi connectivity index (χ4v) is 2.46. The summed E-state index contributed by atoms with van der Waals surface area (Å²) in [6, 6.07) is 8.36. The van der Waals surface area contributed by atoms with Crippen LogP contribution in [0, 0.1) is 0 Å². The molecule has 0 saturated heterocycles. The summed E-state index contributed by atoms with van der Waals surface area (Å²) in [6.45, 7) is 0. The molecule has 0 unspecified atom stereocenters. The Bertz CT molecular complexity index is 736. The van der Waals surface area contributed by atoms with E-state index in [1.54, 1.807) is 24.3 Å². The number of hydrogen-bond donors (Lipinski definition) is 3. The van der Waals surface area contributed by atoms with Crippen molar-refractivity contribution in [2.45, 2.75) is 12.8 Å². The number of carboxylic acid groups (broad SMARTS) is 1. The van der Waals surface area contributed by atoms with Gasteiger partial charge >= 0.3 is 5.97 Å². The van der Waals surface area contributed by atoms with Crippen molar-refractivity contribution in [1.82, 2.24) is 4.98 Å². The predicted molar refractivity (Wildman–Crippen MR) is 81.2 cm³/mol. The quantitative estimate of drug-likeness (QED) is 0.800. The van der Waals surface area contributed by atoms with Crippen molar-refractivity contribution in [3.63, 3.8) is 0 Å². The van der Waals surface area contributed by atoms with Crippen LogP contribution >= 0.6 is 0 Å². The SMILES string of the molecule is O=C(O)c1[nH]c(C2=CCCC=C2)cc1-c1ccc(O)cc1. The highest BCUT2D eigenvalue weighted by atomic mass is 16.4. The van der Waals surface area contributed by atoms with Crippen LogP contribution in [0.25, 0.3) is 16.7 Å². The number of aromatic nitrogens is 1. The van der Waals surface area contributed by atoms with Gasteiger partial charge in [0, 0.05) is 11.3 Å². The third-order valence-electron chi connectivity index (χ3n) is 3.52. The van der Waals surface area contributed by atoms with Gasteiger partial charge in [-0.25, -0.2) is 4.79 Å². The monoisotopic (exact) mass is 281 g/mol. The van der Waals surface area contributed by atoms with Crippen molar-refractivity contribution in [2.24, 2.45) is 0 Å². The number of H-pyrrole nitrogens is 1. The van der Waals surface area contributed by atoms with E-state index in [1.165, 1.54) is 0 Å². The van der Waals surface area contributed by atoms with E-state index in [0.29, 0.717) is 5.56 Å². The fraction of sp³-hybridized carbons (Fsp3) is 0.118. The first-order valence-corrected chi connectivity index (χ1v) is 6.78. The van der Waals surface area contributed by atoms with Gasteiger partial charge in [0.15, 0.2) is 0 Å². The van der Waals surface area contributed by atoms with Crippen LogP contribution in [0.5, 0.6) is 5.75 Å². The Labute approximate surface area is 122 Å². The molecule has 2 aromatic rings.